The zero-order valence-electron chi connectivity index (χ0n) is 27.4. The maximum atomic E-state index is 13.6. The van der Waals surface area contributed by atoms with E-state index < -0.39 is 0 Å². The van der Waals surface area contributed by atoms with Gasteiger partial charge in [0.25, 0.3) is 11.5 Å². The minimum Gasteiger partial charge on any atom is -0.368 e. The largest absolute Gasteiger partial charge is 0.368 e. The van der Waals surface area contributed by atoms with Crippen molar-refractivity contribution >= 4 is 51.8 Å². The van der Waals surface area contributed by atoms with E-state index in [0.29, 0.717) is 27.9 Å². The average molecular weight is 648 g/mol. The van der Waals surface area contributed by atoms with Crippen molar-refractivity contribution < 1.29 is 4.79 Å². The van der Waals surface area contributed by atoms with Gasteiger partial charge in [-0.05, 0) is 43.5 Å². The number of rotatable bonds is 16. The maximum absolute atomic E-state index is 13.6. The van der Waals surface area contributed by atoms with Gasteiger partial charge in [0.2, 0.25) is 0 Å². The number of pyridine rings is 1. The Bertz CT molecular complexity index is 1440. The molecule has 7 nitrogen and oxygen atoms in total. The second-order valence-electron chi connectivity index (χ2n) is 12.1. The number of amides is 1. The predicted molar refractivity (Wildman–Crippen MR) is 193 cm³/mol. The Labute approximate surface area is 279 Å². The topological polar surface area (TPSA) is 72.6 Å². The van der Waals surface area contributed by atoms with Crippen LogP contribution in [-0.4, -0.2) is 52.4 Å². The molecule has 1 aromatic carbocycles. The first-order valence-electron chi connectivity index (χ1n) is 16.9. The first-order valence-corrected chi connectivity index (χ1v) is 18.1. The molecule has 3 heterocycles. The number of thiocarbonyl (C=S) groups is 1. The molecule has 2 fully saturated rings. The van der Waals surface area contributed by atoms with E-state index in [0.717, 1.165) is 56.8 Å². The number of piperazine rings is 1. The number of benzene rings is 1. The quantitative estimate of drug-likeness (QED) is 0.104. The van der Waals surface area contributed by atoms with Crippen LogP contribution in [-0.2, 0) is 11.3 Å². The molecule has 4 rings (SSSR count). The third-order valence-electron chi connectivity index (χ3n) is 8.88. The predicted octanol–water partition coefficient (Wildman–Crippen LogP) is 7.89. The molecule has 0 aliphatic carbocycles. The van der Waals surface area contributed by atoms with Crippen LogP contribution in [0.1, 0.15) is 101 Å². The Balaban J connectivity index is 1.50. The molecule has 0 atom stereocenters. The van der Waals surface area contributed by atoms with E-state index in [4.69, 9.17) is 12.2 Å². The van der Waals surface area contributed by atoms with Crippen molar-refractivity contribution in [3.05, 3.63) is 62.3 Å². The summed E-state index contributed by atoms with van der Waals surface area (Å²) in [6.07, 6.45) is 15.0. The molecule has 0 bridgehead atoms. The number of nitrogens with zero attached hydrogens (tertiary/aromatic N) is 5. The Morgan fingerprint density at radius 1 is 0.844 bits per heavy atom. The number of hydrogen-bond donors (Lipinski definition) is 0. The highest BCUT2D eigenvalue weighted by atomic mass is 32.2. The summed E-state index contributed by atoms with van der Waals surface area (Å²) < 4.78 is 2.33. The molecule has 2 aliphatic rings. The van der Waals surface area contributed by atoms with E-state index in [1.807, 2.05) is 26.0 Å². The SMILES string of the molecule is CCCCCCCCCCCCN1C(=O)/C(=C/c2c(C)c(C#N)c(=O)n(CCC)c2N2CCN(c3ccccc3)CC2)SC1=S. The molecule has 1 amide bonds. The molecular formula is C36H49N5O2S2. The van der Waals surface area contributed by atoms with Crippen molar-refractivity contribution in [2.45, 2.75) is 97.9 Å². The smallest absolute Gasteiger partial charge is 0.270 e. The van der Waals surface area contributed by atoms with Crippen molar-refractivity contribution in [2.75, 3.05) is 42.5 Å². The number of thioether (sulfide) groups is 1. The molecular weight excluding hydrogens is 599 g/mol. The number of anilines is 2. The Hall–Kier alpha value is -3.09. The molecule has 2 aromatic rings. The summed E-state index contributed by atoms with van der Waals surface area (Å²) in [5, 5.41) is 9.99. The van der Waals surface area contributed by atoms with Crippen molar-refractivity contribution in [1.29, 1.82) is 5.26 Å². The van der Waals surface area contributed by atoms with Crippen molar-refractivity contribution in [1.82, 2.24) is 9.47 Å². The number of carbonyl (C=O) groups excluding carboxylic acids is 1. The normalized spacial score (nSPS) is 16.2. The Morgan fingerprint density at radius 2 is 1.44 bits per heavy atom. The highest BCUT2D eigenvalue weighted by Crippen LogP contribution is 2.36. The van der Waals surface area contributed by atoms with Crippen LogP contribution in [0.4, 0.5) is 11.5 Å². The van der Waals surface area contributed by atoms with Crippen molar-refractivity contribution in [2.24, 2.45) is 0 Å². The van der Waals surface area contributed by atoms with Crippen molar-refractivity contribution in [3.8, 4) is 6.07 Å². The fourth-order valence-electron chi connectivity index (χ4n) is 6.31. The first-order chi connectivity index (χ1) is 21.9. The summed E-state index contributed by atoms with van der Waals surface area (Å²) in [6, 6.07) is 12.5. The molecule has 2 aliphatic heterocycles. The average Bonchev–Trinajstić information content (AvgIpc) is 3.32. The highest BCUT2D eigenvalue weighted by Gasteiger charge is 2.33. The molecule has 0 N–H and O–H groups in total. The van der Waals surface area contributed by atoms with E-state index in [2.05, 4.69) is 47.1 Å². The lowest BCUT2D eigenvalue weighted by molar-refractivity contribution is -0.122. The standard InChI is InChI=1S/C36H49N5O2S2/c1-4-6-7-8-9-10-11-12-13-17-21-41-35(43)32(45-36(41)44)26-30-28(3)31(27-37)34(42)40(20-5-2)33(30)39-24-22-38(23-25-39)29-18-15-14-16-19-29/h14-16,18-19,26H,4-13,17,20-25H2,1-3H3/b32-26-. The van der Waals surface area contributed by atoms with E-state index in [1.165, 1.54) is 68.8 Å². The van der Waals surface area contributed by atoms with E-state index in [9.17, 15) is 14.9 Å². The molecule has 45 heavy (non-hydrogen) atoms. The third kappa shape index (κ3) is 8.80. The number of carbonyl (C=O) groups is 1. The van der Waals surface area contributed by atoms with Gasteiger partial charge in [-0.1, -0.05) is 114 Å². The van der Waals surface area contributed by atoms with Gasteiger partial charge in [-0.15, -0.1) is 0 Å². The van der Waals surface area contributed by atoms with E-state index in [-0.39, 0.29) is 17.0 Å². The number of nitriles is 1. The monoisotopic (exact) mass is 647 g/mol. The van der Waals surface area contributed by atoms with Gasteiger partial charge in [0.15, 0.2) is 0 Å². The number of unbranched alkanes of at least 4 members (excludes halogenated alkanes) is 9. The minimum absolute atomic E-state index is 0.0769. The van der Waals surface area contributed by atoms with Crippen molar-refractivity contribution in [3.63, 3.8) is 0 Å². The van der Waals surface area contributed by atoms with Crippen LogP contribution >= 0.6 is 24.0 Å². The summed E-state index contributed by atoms with van der Waals surface area (Å²) in [5.41, 5.74) is 2.46. The van der Waals surface area contributed by atoms with Gasteiger partial charge in [-0.25, -0.2) is 0 Å². The summed E-state index contributed by atoms with van der Waals surface area (Å²) in [5.74, 6) is 0.720. The number of hydrogen-bond acceptors (Lipinski definition) is 7. The lowest BCUT2D eigenvalue weighted by atomic mass is 10.0. The van der Waals surface area contributed by atoms with Crippen LogP contribution in [0.2, 0.25) is 0 Å². The van der Waals surface area contributed by atoms with Gasteiger partial charge in [0.1, 0.15) is 21.8 Å². The second kappa shape index (κ2) is 17.6. The molecule has 0 unspecified atom stereocenters. The van der Waals surface area contributed by atoms with Crippen LogP contribution in [0, 0.1) is 18.3 Å². The molecule has 9 heteroatoms. The molecule has 2 saturated heterocycles. The molecule has 0 saturated carbocycles. The lowest BCUT2D eigenvalue weighted by Crippen LogP contribution is -2.48. The van der Waals surface area contributed by atoms with E-state index >= 15 is 0 Å². The van der Waals surface area contributed by atoms with Crippen LogP contribution < -0.4 is 15.4 Å². The fraction of sp³-hybridized carbons (Fsp3) is 0.556. The van der Waals surface area contributed by atoms with Gasteiger partial charge >= 0.3 is 0 Å². The third-order valence-corrected chi connectivity index (χ3v) is 10.3. The van der Waals surface area contributed by atoms with Crippen LogP contribution in [0.15, 0.2) is 40.0 Å². The minimum atomic E-state index is -0.261. The van der Waals surface area contributed by atoms with Gasteiger partial charge < -0.3 is 9.80 Å². The summed E-state index contributed by atoms with van der Waals surface area (Å²) in [6.45, 7) is 10.3. The van der Waals surface area contributed by atoms with E-state index in [1.54, 1.807) is 9.47 Å². The fourth-order valence-corrected chi connectivity index (χ4v) is 7.60. The Kier molecular flexibility index (Phi) is 13.6. The summed E-state index contributed by atoms with van der Waals surface area (Å²) in [7, 11) is 0. The molecule has 0 spiro atoms. The number of aromatic nitrogens is 1. The zero-order chi connectivity index (χ0) is 32.2. The van der Waals surface area contributed by atoms with Gasteiger partial charge in [-0.2, -0.15) is 5.26 Å². The lowest BCUT2D eigenvalue weighted by Gasteiger charge is -2.39. The van der Waals surface area contributed by atoms with Crippen LogP contribution in [0.25, 0.3) is 6.08 Å². The zero-order valence-corrected chi connectivity index (χ0v) is 29.0. The van der Waals surface area contributed by atoms with Crippen LogP contribution in [0.3, 0.4) is 0 Å². The van der Waals surface area contributed by atoms with Gasteiger partial charge in [0, 0.05) is 50.5 Å². The molecule has 0 radical (unpaired) electrons. The van der Waals surface area contributed by atoms with Gasteiger partial charge in [-0.3, -0.25) is 19.1 Å². The molecule has 1 aromatic heterocycles. The summed E-state index contributed by atoms with van der Waals surface area (Å²) >= 11 is 7.00. The first kappa shape index (κ1) is 34.8. The van der Waals surface area contributed by atoms with Gasteiger partial charge in [0.05, 0.1) is 4.91 Å². The molecule has 242 valence electrons. The summed E-state index contributed by atoms with van der Waals surface area (Å²) in [4.78, 5) is 34.1. The number of para-hydroxylation sites is 1. The Morgan fingerprint density at radius 3 is 2.04 bits per heavy atom. The highest BCUT2D eigenvalue weighted by molar-refractivity contribution is 8.26. The second-order valence-corrected chi connectivity index (χ2v) is 13.8. The van der Waals surface area contributed by atoms with Crippen LogP contribution in [0.5, 0.6) is 0 Å². The maximum Gasteiger partial charge on any atom is 0.270 e.